The molecular weight excluding hydrogens is 340 g/mol. The van der Waals surface area contributed by atoms with Crippen molar-refractivity contribution in [3.8, 4) is 0 Å². The van der Waals surface area contributed by atoms with Crippen molar-refractivity contribution in [3.63, 3.8) is 0 Å². The normalized spacial score (nSPS) is 21.1. The van der Waals surface area contributed by atoms with E-state index in [1.807, 2.05) is 55.4 Å². The van der Waals surface area contributed by atoms with Gasteiger partial charge in [0.05, 0.1) is 25.8 Å². The van der Waals surface area contributed by atoms with Crippen molar-refractivity contribution in [2.45, 2.75) is 45.0 Å². The lowest BCUT2D eigenvalue weighted by Crippen LogP contribution is -2.67. The third kappa shape index (κ3) is 4.04. The molecule has 1 aromatic carbocycles. The van der Waals surface area contributed by atoms with Crippen LogP contribution in [-0.4, -0.2) is 47.2 Å². The van der Waals surface area contributed by atoms with Gasteiger partial charge in [0, 0.05) is 31.0 Å². The number of aryl methyl sites for hydroxylation is 2. The van der Waals surface area contributed by atoms with Crippen molar-refractivity contribution < 1.29 is 14.3 Å². The first-order valence-electron chi connectivity index (χ1n) is 9.55. The van der Waals surface area contributed by atoms with Crippen molar-refractivity contribution in [2.75, 3.05) is 19.7 Å². The molecule has 1 atom stereocenters. The van der Waals surface area contributed by atoms with Gasteiger partial charge in [-0.3, -0.25) is 9.78 Å². The van der Waals surface area contributed by atoms with Gasteiger partial charge in [-0.1, -0.05) is 23.8 Å². The predicted molar refractivity (Wildman–Crippen MR) is 103 cm³/mol. The minimum atomic E-state index is -0.243. The minimum Gasteiger partial charge on any atom is -0.373 e. The number of rotatable bonds is 4. The summed E-state index contributed by atoms with van der Waals surface area (Å²) in [4.78, 5) is 18.8. The summed E-state index contributed by atoms with van der Waals surface area (Å²) in [5.41, 5.74) is 3.85. The fourth-order valence-corrected chi connectivity index (χ4v) is 4.01. The lowest BCUT2D eigenvalue weighted by Gasteiger charge is -2.53. The molecule has 1 unspecified atom stereocenters. The number of carbonyl (C=O) groups is 1. The third-order valence-corrected chi connectivity index (χ3v) is 5.38. The number of pyridine rings is 1. The van der Waals surface area contributed by atoms with Crippen LogP contribution in [0.2, 0.25) is 0 Å². The van der Waals surface area contributed by atoms with Gasteiger partial charge in [-0.25, -0.2) is 0 Å². The summed E-state index contributed by atoms with van der Waals surface area (Å²) in [6.45, 7) is 6.58. The predicted octanol–water partition coefficient (Wildman–Crippen LogP) is 3.29. The Morgan fingerprint density at radius 2 is 2.11 bits per heavy atom. The quantitative estimate of drug-likeness (QED) is 0.833. The summed E-state index contributed by atoms with van der Waals surface area (Å²) in [5.74, 6) is 0.0850. The molecule has 2 aliphatic rings. The molecule has 1 aromatic heterocycles. The summed E-state index contributed by atoms with van der Waals surface area (Å²) in [7, 11) is 0. The van der Waals surface area contributed by atoms with Gasteiger partial charge in [-0.15, -0.1) is 0 Å². The van der Waals surface area contributed by atoms with Gasteiger partial charge in [0.25, 0.3) is 5.91 Å². The molecule has 0 radical (unpaired) electrons. The number of hydrogen-bond donors (Lipinski definition) is 0. The molecular formula is C22H26N2O3. The average molecular weight is 366 g/mol. The Labute approximate surface area is 160 Å². The van der Waals surface area contributed by atoms with Crippen molar-refractivity contribution in [2.24, 2.45) is 0 Å². The number of ether oxygens (including phenoxy) is 2. The Morgan fingerprint density at radius 3 is 2.89 bits per heavy atom. The van der Waals surface area contributed by atoms with Gasteiger partial charge in [0.1, 0.15) is 5.60 Å². The molecule has 0 saturated carbocycles. The minimum absolute atomic E-state index is 0.0850. The van der Waals surface area contributed by atoms with Crippen LogP contribution in [0.1, 0.15) is 39.9 Å². The van der Waals surface area contributed by atoms with Crippen LogP contribution >= 0.6 is 0 Å². The van der Waals surface area contributed by atoms with Crippen LogP contribution < -0.4 is 0 Å². The Hall–Kier alpha value is -2.24. The molecule has 5 heteroatoms. The highest BCUT2D eigenvalue weighted by molar-refractivity contribution is 5.95. The Kier molecular flexibility index (Phi) is 4.98. The number of likely N-dealkylation sites (tertiary alicyclic amines) is 1. The number of aromatic nitrogens is 1. The molecule has 2 aromatic rings. The molecule has 142 valence electrons. The monoisotopic (exact) mass is 366 g/mol. The van der Waals surface area contributed by atoms with Crippen LogP contribution in [0.4, 0.5) is 0 Å². The molecule has 0 aliphatic carbocycles. The third-order valence-electron chi connectivity index (χ3n) is 5.38. The lowest BCUT2D eigenvalue weighted by atomic mass is 9.84. The second-order valence-corrected chi connectivity index (χ2v) is 7.86. The van der Waals surface area contributed by atoms with Crippen molar-refractivity contribution in [1.29, 1.82) is 0 Å². The van der Waals surface area contributed by atoms with E-state index in [0.717, 1.165) is 35.1 Å². The summed E-state index contributed by atoms with van der Waals surface area (Å²) in [5, 5.41) is 0. The summed E-state index contributed by atoms with van der Waals surface area (Å²) < 4.78 is 12.2. The largest absolute Gasteiger partial charge is 0.373 e. The molecule has 3 heterocycles. The van der Waals surface area contributed by atoms with Crippen molar-refractivity contribution in [1.82, 2.24) is 9.88 Å². The van der Waals surface area contributed by atoms with E-state index in [2.05, 4.69) is 11.1 Å². The highest BCUT2D eigenvalue weighted by Gasteiger charge is 2.49. The van der Waals surface area contributed by atoms with Crippen LogP contribution in [0.25, 0.3) is 0 Å². The van der Waals surface area contributed by atoms with E-state index >= 15 is 0 Å². The van der Waals surface area contributed by atoms with Crippen molar-refractivity contribution in [3.05, 3.63) is 65.0 Å². The maximum absolute atomic E-state index is 12.7. The van der Waals surface area contributed by atoms with E-state index in [4.69, 9.17) is 9.47 Å². The smallest absolute Gasteiger partial charge is 0.254 e. The first kappa shape index (κ1) is 18.1. The van der Waals surface area contributed by atoms with E-state index in [0.29, 0.717) is 26.3 Å². The molecule has 2 fully saturated rings. The summed E-state index contributed by atoms with van der Waals surface area (Å²) in [6.07, 6.45) is 5.60. The fourth-order valence-electron chi connectivity index (χ4n) is 4.01. The van der Waals surface area contributed by atoms with Crippen LogP contribution in [-0.2, 0) is 16.1 Å². The van der Waals surface area contributed by atoms with Crippen LogP contribution in [0.3, 0.4) is 0 Å². The molecule has 0 bridgehead atoms. The highest BCUT2D eigenvalue weighted by atomic mass is 16.5. The van der Waals surface area contributed by atoms with E-state index in [-0.39, 0.29) is 17.6 Å². The Morgan fingerprint density at radius 1 is 1.26 bits per heavy atom. The number of amides is 1. The maximum Gasteiger partial charge on any atom is 0.254 e. The van der Waals surface area contributed by atoms with E-state index in [9.17, 15) is 4.79 Å². The maximum atomic E-state index is 12.7. The van der Waals surface area contributed by atoms with Crippen LogP contribution in [0.5, 0.6) is 0 Å². The molecule has 27 heavy (non-hydrogen) atoms. The Bertz CT molecular complexity index is 830. The molecule has 2 aliphatic heterocycles. The van der Waals surface area contributed by atoms with E-state index in [1.165, 1.54) is 0 Å². The van der Waals surface area contributed by atoms with Gasteiger partial charge in [-0.2, -0.15) is 0 Å². The lowest BCUT2D eigenvalue weighted by molar-refractivity contribution is -0.188. The molecule has 0 N–H and O–H groups in total. The number of hydrogen-bond acceptors (Lipinski definition) is 4. The zero-order valence-electron chi connectivity index (χ0n) is 16.0. The van der Waals surface area contributed by atoms with Crippen LogP contribution in [0.15, 0.2) is 42.7 Å². The SMILES string of the molecule is Cc1cncc(COC2CCOC3(C2)CN(C(=O)c2cccc(C)c2)C3)c1. The highest BCUT2D eigenvalue weighted by Crippen LogP contribution is 2.36. The zero-order chi connectivity index (χ0) is 18.9. The van der Waals surface area contributed by atoms with Gasteiger partial charge in [0.15, 0.2) is 0 Å². The zero-order valence-corrected chi connectivity index (χ0v) is 16.0. The topological polar surface area (TPSA) is 51.7 Å². The van der Waals surface area contributed by atoms with Gasteiger partial charge >= 0.3 is 0 Å². The fraction of sp³-hybridized carbons (Fsp3) is 0.455. The molecule has 2 saturated heterocycles. The number of carbonyl (C=O) groups excluding carboxylic acids is 1. The number of benzene rings is 1. The first-order valence-corrected chi connectivity index (χ1v) is 9.55. The first-order chi connectivity index (χ1) is 13.0. The van der Waals surface area contributed by atoms with Crippen molar-refractivity contribution >= 4 is 5.91 Å². The molecule has 4 rings (SSSR count). The van der Waals surface area contributed by atoms with Gasteiger partial charge in [-0.05, 0) is 43.5 Å². The number of nitrogens with zero attached hydrogens (tertiary/aromatic N) is 2. The second kappa shape index (κ2) is 7.41. The van der Waals surface area contributed by atoms with Gasteiger partial charge in [0.2, 0.25) is 0 Å². The molecule has 5 nitrogen and oxygen atoms in total. The second-order valence-electron chi connectivity index (χ2n) is 7.86. The Balaban J connectivity index is 1.32. The summed E-state index contributed by atoms with van der Waals surface area (Å²) >= 11 is 0. The standard InChI is InChI=1S/C22H26N2O3/c1-16-4-3-5-19(9-16)21(25)24-14-22(15-24)10-20(6-7-27-22)26-13-18-8-17(2)11-23-12-18/h3-5,8-9,11-12,20H,6-7,10,13-15H2,1-2H3. The molecule has 1 spiro atoms. The van der Waals surface area contributed by atoms with Gasteiger partial charge < -0.3 is 14.4 Å². The molecule has 1 amide bonds. The van der Waals surface area contributed by atoms with E-state index in [1.54, 1.807) is 0 Å². The summed E-state index contributed by atoms with van der Waals surface area (Å²) in [6, 6.07) is 9.86. The van der Waals surface area contributed by atoms with Crippen LogP contribution in [0, 0.1) is 13.8 Å². The van der Waals surface area contributed by atoms with E-state index < -0.39 is 0 Å². The average Bonchev–Trinajstić information content (AvgIpc) is 2.64.